The SMILES string of the molecule is CC(C)OC(=O)CCCCCCC1/C(=C\CC(O)C(C)Oc2ccc(Oc3ccccc3)cc2)C(O)C[C@@H]1O. The number of esters is 1. The maximum absolute atomic E-state index is 11.6. The van der Waals surface area contributed by atoms with Crippen molar-refractivity contribution >= 4 is 5.97 Å². The summed E-state index contributed by atoms with van der Waals surface area (Å²) in [6.07, 6.45) is 4.65. The molecule has 5 atom stereocenters. The summed E-state index contributed by atoms with van der Waals surface area (Å²) in [5.41, 5.74) is 0.802. The Bertz CT molecular complexity index is 1020. The number of hydrogen-bond acceptors (Lipinski definition) is 7. The molecule has 0 heterocycles. The Morgan fingerprint density at radius 2 is 1.56 bits per heavy atom. The summed E-state index contributed by atoms with van der Waals surface area (Å²) >= 11 is 0. The summed E-state index contributed by atoms with van der Waals surface area (Å²) in [6.45, 7) is 5.50. The van der Waals surface area contributed by atoms with Crippen molar-refractivity contribution in [2.75, 3.05) is 0 Å². The van der Waals surface area contributed by atoms with Gasteiger partial charge in [0.05, 0.1) is 24.4 Å². The molecule has 2 aromatic carbocycles. The third kappa shape index (κ3) is 10.3. The molecule has 1 aliphatic carbocycles. The maximum Gasteiger partial charge on any atom is 0.306 e. The minimum atomic E-state index is -0.770. The van der Waals surface area contributed by atoms with Gasteiger partial charge in [-0.3, -0.25) is 4.79 Å². The molecule has 0 amide bonds. The molecule has 1 saturated carbocycles. The first-order valence-electron chi connectivity index (χ1n) is 14.2. The highest BCUT2D eigenvalue weighted by molar-refractivity contribution is 5.69. The van der Waals surface area contributed by atoms with E-state index in [9.17, 15) is 20.1 Å². The van der Waals surface area contributed by atoms with Crippen LogP contribution in [0.15, 0.2) is 66.2 Å². The molecule has 0 aromatic heterocycles. The topological polar surface area (TPSA) is 105 Å². The third-order valence-electron chi connectivity index (χ3n) is 7.02. The monoisotopic (exact) mass is 540 g/mol. The second-order valence-corrected chi connectivity index (χ2v) is 10.6. The number of unbranched alkanes of at least 4 members (excludes halogenated alkanes) is 3. The average molecular weight is 541 g/mol. The number of benzene rings is 2. The van der Waals surface area contributed by atoms with Crippen LogP contribution in [0.25, 0.3) is 0 Å². The Hall–Kier alpha value is -2.87. The highest BCUT2D eigenvalue weighted by Gasteiger charge is 2.36. The van der Waals surface area contributed by atoms with E-state index in [0.29, 0.717) is 30.8 Å². The zero-order valence-electron chi connectivity index (χ0n) is 23.4. The molecule has 7 nitrogen and oxygen atoms in total. The fourth-order valence-corrected chi connectivity index (χ4v) is 4.91. The van der Waals surface area contributed by atoms with Gasteiger partial charge in [0.2, 0.25) is 0 Å². The summed E-state index contributed by atoms with van der Waals surface area (Å²) in [6, 6.07) is 16.8. The van der Waals surface area contributed by atoms with Crippen molar-refractivity contribution in [3.05, 3.63) is 66.2 Å². The van der Waals surface area contributed by atoms with Crippen molar-refractivity contribution in [1.29, 1.82) is 0 Å². The van der Waals surface area contributed by atoms with Crippen LogP contribution in [0.3, 0.4) is 0 Å². The number of carbonyl (C=O) groups excluding carboxylic acids is 1. The van der Waals surface area contributed by atoms with Crippen molar-refractivity contribution in [2.45, 2.75) is 103 Å². The van der Waals surface area contributed by atoms with E-state index < -0.39 is 24.4 Å². The predicted octanol–water partition coefficient (Wildman–Crippen LogP) is 5.96. The molecule has 39 heavy (non-hydrogen) atoms. The van der Waals surface area contributed by atoms with Gasteiger partial charge in [0.25, 0.3) is 0 Å². The van der Waals surface area contributed by atoms with Gasteiger partial charge in [-0.15, -0.1) is 0 Å². The molecule has 4 unspecified atom stereocenters. The number of aliphatic hydroxyl groups is 3. The zero-order valence-corrected chi connectivity index (χ0v) is 23.4. The first-order chi connectivity index (χ1) is 18.7. The molecule has 214 valence electrons. The van der Waals surface area contributed by atoms with Gasteiger partial charge in [-0.1, -0.05) is 43.5 Å². The first kappa shape index (κ1) is 30.7. The predicted molar refractivity (Wildman–Crippen MR) is 151 cm³/mol. The fourth-order valence-electron chi connectivity index (χ4n) is 4.91. The molecule has 2 aromatic rings. The Labute approximate surface area is 232 Å². The summed E-state index contributed by atoms with van der Waals surface area (Å²) in [5, 5.41) is 31.8. The second-order valence-electron chi connectivity index (χ2n) is 10.6. The Morgan fingerprint density at radius 1 is 0.923 bits per heavy atom. The largest absolute Gasteiger partial charge is 0.488 e. The van der Waals surface area contributed by atoms with Crippen LogP contribution in [0, 0.1) is 5.92 Å². The molecule has 3 N–H and O–H groups in total. The normalized spacial score (nSPS) is 21.6. The van der Waals surface area contributed by atoms with E-state index in [4.69, 9.17) is 14.2 Å². The van der Waals surface area contributed by atoms with Gasteiger partial charge >= 0.3 is 5.97 Å². The number of ether oxygens (including phenoxy) is 3. The highest BCUT2D eigenvalue weighted by atomic mass is 16.5. The number of carbonyl (C=O) groups is 1. The second kappa shape index (κ2) is 15.7. The van der Waals surface area contributed by atoms with Gasteiger partial charge in [-0.2, -0.15) is 0 Å². The molecule has 1 fully saturated rings. The van der Waals surface area contributed by atoms with E-state index >= 15 is 0 Å². The highest BCUT2D eigenvalue weighted by Crippen LogP contribution is 2.36. The van der Waals surface area contributed by atoms with Crippen LogP contribution in [0.4, 0.5) is 0 Å². The number of rotatable bonds is 15. The number of hydrogen-bond donors (Lipinski definition) is 3. The minimum absolute atomic E-state index is 0.0853. The lowest BCUT2D eigenvalue weighted by atomic mass is 9.92. The van der Waals surface area contributed by atoms with Crippen LogP contribution < -0.4 is 9.47 Å². The fraction of sp³-hybridized carbons (Fsp3) is 0.531. The van der Waals surface area contributed by atoms with Crippen LogP contribution in [0.1, 0.15) is 72.1 Å². The number of para-hydroxylation sites is 1. The summed E-state index contributed by atoms with van der Waals surface area (Å²) in [4.78, 5) is 11.6. The van der Waals surface area contributed by atoms with Crippen molar-refractivity contribution in [3.63, 3.8) is 0 Å². The molecular formula is C32H44O7. The van der Waals surface area contributed by atoms with E-state index in [0.717, 1.165) is 43.4 Å². The van der Waals surface area contributed by atoms with Crippen LogP contribution in [-0.4, -0.2) is 51.8 Å². The maximum atomic E-state index is 11.6. The Kier molecular flexibility index (Phi) is 12.3. The first-order valence-corrected chi connectivity index (χ1v) is 14.2. The molecule has 1 aliphatic rings. The summed E-state index contributed by atoms with van der Waals surface area (Å²) in [7, 11) is 0. The van der Waals surface area contributed by atoms with Crippen molar-refractivity contribution in [2.24, 2.45) is 5.92 Å². The lowest BCUT2D eigenvalue weighted by Gasteiger charge is -2.21. The zero-order chi connectivity index (χ0) is 28.2. The number of aliphatic hydroxyl groups excluding tert-OH is 3. The van der Waals surface area contributed by atoms with Gasteiger partial charge in [-0.05, 0) is 82.0 Å². The van der Waals surface area contributed by atoms with Gasteiger partial charge in [0, 0.05) is 18.8 Å². The van der Waals surface area contributed by atoms with Crippen molar-refractivity contribution in [3.8, 4) is 17.2 Å². The van der Waals surface area contributed by atoms with E-state index in [1.165, 1.54) is 0 Å². The van der Waals surface area contributed by atoms with Crippen molar-refractivity contribution in [1.82, 2.24) is 0 Å². The average Bonchev–Trinajstić information content (AvgIpc) is 3.17. The minimum Gasteiger partial charge on any atom is -0.488 e. The lowest BCUT2D eigenvalue weighted by Crippen LogP contribution is -2.28. The van der Waals surface area contributed by atoms with Crippen LogP contribution in [0.2, 0.25) is 0 Å². The van der Waals surface area contributed by atoms with Crippen molar-refractivity contribution < 1.29 is 34.3 Å². The molecule has 7 heteroatoms. The van der Waals surface area contributed by atoms with Crippen LogP contribution >= 0.6 is 0 Å². The summed E-state index contributed by atoms with van der Waals surface area (Å²) in [5.74, 6) is 1.80. The molecule has 3 rings (SSSR count). The standard InChI is InChI=1S/C32H44O7/c1-22(2)37-32(36)14-10-5-4-9-13-27-28(31(35)21-30(27)34)19-20-29(33)23(3)38-25-15-17-26(18-16-25)39-24-11-7-6-8-12-24/h6-8,11-12,15-19,22-23,27,29-31,33-35H,4-5,9-10,13-14,20-21H2,1-3H3/b28-19+/t23?,27?,29?,30-,31?/m0/s1. The molecule has 0 saturated heterocycles. The molecular weight excluding hydrogens is 496 g/mol. The molecule has 0 bridgehead atoms. The Morgan fingerprint density at radius 3 is 2.26 bits per heavy atom. The van der Waals surface area contributed by atoms with Gasteiger partial charge < -0.3 is 29.5 Å². The van der Waals surface area contributed by atoms with E-state index in [1.54, 1.807) is 12.1 Å². The Balaban J connectivity index is 1.43. The third-order valence-corrected chi connectivity index (χ3v) is 7.02. The quantitative estimate of drug-likeness (QED) is 0.145. The molecule has 0 spiro atoms. The molecule has 0 radical (unpaired) electrons. The van der Waals surface area contributed by atoms with E-state index in [2.05, 4.69) is 0 Å². The molecule has 0 aliphatic heterocycles. The van der Waals surface area contributed by atoms with E-state index in [-0.39, 0.29) is 18.0 Å². The smallest absolute Gasteiger partial charge is 0.306 e. The van der Waals surface area contributed by atoms with Gasteiger partial charge in [-0.25, -0.2) is 0 Å². The van der Waals surface area contributed by atoms with Crippen LogP contribution in [-0.2, 0) is 9.53 Å². The van der Waals surface area contributed by atoms with E-state index in [1.807, 2.05) is 69.3 Å². The summed E-state index contributed by atoms with van der Waals surface area (Å²) < 4.78 is 16.9. The van der Waals surface area contributed by atoms with Gasteiger partial charge in [0.1, 0.15) is 23.4 Å². The van der Waals surface area contributed by atoms with Crippen LogP contribution in [0.5, 0.6) is 17.2 Å². The van der Waals surface area contributed by atoms with Gasteiger partial charge in [0.15, 0.2) is 0 Å². The lowest BCUT2D eigenvalue weighted by molar-refractivity contribution is -0.147.